The monoisotopic (exact) mass is 211 g/mol. The Kier molecular flexibility index (Phi) is 4.04. The van der Waals surface area contributed by atoms with Crippen LogP contribution in [0.4, 0.5) is 0 Å². The van der Waals surface area contributed by atoms with Crippen molar-refractivity contribution in [3.05, 3.63) is 0 Å². The third-order valence-corrected chi connectivity index (χ3v) is 4.16. The SMILES string of the molecule is CNC(C1CCCCC1)C1CCC(C)O1. The van der Waals surface area contributed by atoms with Gasteiger partial charge in [-0.1, -0.05) is 19.3 Å². The van der Waals surface area contributed by atoms with Gasteiger partial charge in [-0.15, -0.1) is 0 Å². The number of hydrogen-bond acceptors (Lipinski definition) is 2. The van der Waals surface area contributed by atoms with Crippen molar-refractivity contribution in [3.63, 3.8) is 0 Å². The average Bonchev–Trinajstić information content (AvgIpc) is 2.68. The Balaban J connectivity index is 1.90. The molecule has 1 heterocycles. The maximum absolute atomic E-state index is 6.01. The Morgan fingerprint density at radius 3 is 2.33 bits per heavy atom. The summed E-state index contributed by atoms with van der Waals surface area (Å²) in [5, 5.41) is 3.51. The van der Waals surface area contributed by atoms with Crippen molar-refractivity contribution < 1.29 is 4.74 Å². The lowest BCUT2D eigenvalue weighted by molar-refractivity contribution is 0.0141. The van der Waals surface area contributed by atoms with E-state index in [2.05, 4.69) is 19.3 Å². The molecule has 0 radical (unpaired) electrons. The van der Waals surface area contributed by atoms with E-state index in [9.17, 15) is 0 Å². The molecular weight excluding hydrogens is 186 g/mol. The summed E-state index contributed by atoms with van der Waals surface area (Å²) in [5.74, 6) is 0.860. The third-order valence-electron chi connectivity index (χ3n) is 4.16. The molecule has 1 saturated heterocycles. The molecule has 1 N–H and O–H groups in total. The molecule has 0 aromatic heterocycles. The normalized spacial score (nSPS) is 35.6. The van der Waals surface area contributed by atoms with Crippen molar-refractivity contribution in [2.24, 2.45) is 5.92 Å². The Morgan fingerprint density at radius 2 is 1.80 bits per heavy atom. The number of hydrogen-bond donors (Lipinski definition) is 1. The van der Waals surface area contributed by atoms with Crippen LogP contribution in [-0.4, -0.2) is 25.3 Å². The van der Waals surface area contributed by atoms with Crippen LogP contribution in [-0.2, 0) is 4.74 Å². The number of rotatable bonds is 3. The maximum atomic E-state index is 6.01. The van der Waals surface area contributed by atoms with E-state index in [0.29, 0.717) is 18.2 Å². The van der Waals surface area contributed by atoms with Gasteiger partial charge < -0.3 is 10.1 Å². The van der Waals surface area contributed by atoms with Crippen LogP contribution in [0.15, 0.2) is 0 Å². The van der Waals surface area contributed by atoms with Gasteiger partial charge in [0, 0.05) is 6.04 Å². The minimum atomic E-state index is 0.480. The lowest BCUT2D eigenvalue weighted by atomic mass is 9.81. The second-order valence-corrected chi connectivity index (χ2v) is 5.28. The molecule has 0 bridgehead atoms. The van der Waals surface area contributed by atoms with Crippen LogP contribution >= 0.6 is 0 Å². The van der Waals surface area contributed by atoms with E-state index in [-0.39, 0.29) is 0 Å². The molecule has 2 heteroatoms. The molecule has 0 amide bonds. The highest BCUT2D eigenvalue weighted by Gasteiger charge is 2.34. The molecule has 15 heavy (non-hydrogen) atoms. The second kappa shape index (κ2) is 5.31. The number of nitrogens with one attached hydrogen (secondary N) is 1. The highest BCUT2D eigenvalue weighted by atomic mass is 16.5. The van der Waals surface area contributed by atoms with E-state index in [0.717, 1.165) is 5.92 Å². The first-order valence-electron chi connectivity index (χ1n) is 6.64. The van der Waals surface area contributed by atoms with Crippen LogP contribution in [0.25, 0.3) is 0 Å². The van der Waals surface area contributed by atoms with Crippen molar-refractivity contribution >= 4 is 0 Å². The van der Waals surface area contributed by atoms with Crippen molar-refractivity contribution in [1.29, 1.82) is 0 Å². The fourth-order valence-electron chi connectivity index (χ4n) is 3.32. The molecule has 2 rings (SSSR count). The number of ether oxygens (including phenoxy) is 1. The van der Waals surface area contributed by atoms with Gasteiger partial charge in [-0.2, -0.15) is 0 Å². The van der Waals surface area contributed by atoms with E-state index in [1.54, 1.807) is 0 Å². The highest BCUT2D eigenvalue weighted by Crippen LogP contribution is 2.32. The third kappa shape index (κ3) is 2.73. The first-order chi connectivity index (χ1) is 7.31. The molecule has 3 unspecified atom stereocenters. The largest absolute Gasteiger partial charge is 0.374 e. The van der Waals surface area contributed by atoms with Crippen LogP contribution in [0.1, 0.15) is 51.9 Å². The summed E-state index contributed by atoms with van der Waals surface area (Å²) in [6, 6.07) is 0.607. The average molecular weight is 211 g/mol. The molecule has 1 aliphatic carbocycles. The molecule has 3 atom stereocenters. The zero-order valence-electron chi connectivity index (χ0n) is 10.2. The van der Waals surface area contributed by atoms with Gasteiger partial charge in [0.2, 0.25) is 0 Å². The summed E-state index contributed by atoms with van der Waals surface area (Å²) in [7, 11) is 2.10. The van der Waals surface area contributed by atoms with Crippen LogP contribution < -0.4 is 5.32 Å². The summed E-state index contributed by atoms with van der Waals surface area (Å²) >= 11 is 0. The molecule has 88 valence electrons. The molecule has 1 aliphatic heterocycles. The van der Waals surface area contributed by atoms with Crippen molar-refractivity contribution in [2.75, 3.05) is 7.05 Å². The first-order valence-corrected chi connectivity index (χ1v) is 6.64. The fourth-order valence-corrected chi connectivity index (χ4v) is 3.32. The van der Waals surface area contributed by atoms with Gasteiger partial charge in [0.05, 0.1) is 12.2 Å². The lowest BCUT2D eigenvalue weighted by Crippen LogP contribution is -2.44. The van der Waals surface area contributed by atoms with E-state index in [1.165, 1.54) is 44.9 Å². The maximum Gasteiger partial charge on any atom is 0.0735 e. The summed E-state index contributed by atoms with van der Waals surface area (Å²) < 4.78 is 6.01. The van der Waals surface area contributed by atoms with Crippen LogP contribution in [0, 0.1) is 5.92 Å². The Hall–Kier alpha value is -0.0800. The van der Waals surface area contributed by atoms with Crippen molar-refractivity contribution in [1.82, 2.24) is 5.32 Å². The van der Waals surface area contributed by atoms with Gasteiger partial charge in [0.25, 0.3) is 0 Å². The molecule has 2 nitrogen and oxygen atoms in total. The Bertz CT molecular complexity index is 184. The first kappa shape index (κ1) is 11.4. The molecule has 2 fully saturated rings. The topological polar surface area (TPSA) is 21.3 Å². The van der Waals surface area contributed by atoms with Crippen molar-refractivity contribution in [3.8, 4) is 0 Å². The van der Waals surface area contributed by atoms with Crippen LogP contribution in [0.3, 0.4) is 0 Å². The van der Waals surface area contributed by atoms with Gasteiger partial charge in [-0.05, 0) is 45.6 Å². The van der Waals surface area contributed by atoms with E-state index in [1.807, 2.05) is 0 Å². The molecular formula is C13H25NO. The minimum absolute atomic E-state index is 0.480. The quantitative estimate of drug-likeness (QED) is 0.775. The molecule has 0 aromatic rings. The summed E-state index contributed by atoms with van der Waals surface area (Å²) in [6.45, 7) is 2.20. The minimum Gasteiger partial charge on any atom is -0.374 e. The Morgan fingerprint density at radius 1 is 1.07 bits per heavy atom. The lowest BCUT2D eigenvalue weighted by Gasteiger charge is -2.33. The summed E-state index contributed by atoms with van der Waals surface area (Å²) in [5.41, 5.74) is 0. The smallest absolute Gasteiger partial charge is 0.0735 e. The van der Waals surface area contributed by atoms with E-state index in [4.69, 9.17) is 4.74 Å². The van der Waals surface area contributed by atoms with Crippen LogP contribution in [0.5, 0.6) is 0 Å². The van der Waals surface area contributed by atoms with Gasteiger partial charge >= 0.3 is 0 Å². The van der Waals surface area contributed by atoms with Gasteiger partial charge in [-0.3, -0.25) is 0 Å². The van der Waals surface area contributed by atoms with Crippen LogP contribution in [0.2, 0.25) is 0 Å². The molecule has 0 aromatic carbocycles. The van der Waals surface area contributed by atoms with E-state index >= 15 is 0 Å². The predicted octanol–water partition coefficient (Wildman–Crippen LogP) is 2.72. The highest BCUT2D eigenvalue weighted by molar-refractivity contribution is 4.88. The number of likely N-dealkylation sites (N-methyl/N-ethyl adjacent to an activating group) is 1. The zero-order valence-corrected chi connectivity index (χ0v) is 10.2. The Labute approximate surface area is 93.8 Å². The molecule has 0 spiro atoms. The summed E-state index contributed by atoms with van der Waals surface area (Å²) in [6.07, 6.45) is 10.5. The van der Waals surface area contributed by atoms with Crippen molar-refractivity contribution in [2.45, 2.75) is 70.1 Å². The molecule has 2 aliphatic rings. The van der Waals surface area contributed by atoms with Gasteiger partial charge in [0.15, 0.2) is 0 Å². The van der Waals surface area contributed by atoms with Gasteiger partial charge in [0.1, 0.15) is 0 Å². The van der Waals surface area contributed by atoms with Gasteiger partial charge in [-0.25, -0.2) is 0 Å². The molecule has 1 saturated carbocycles. The standard InChI is InChI=1S/C13H25NO/c1-10-8-9-12(15-10)13(14-2)11-6-4-3-5-7-11/h10-14H,3-9H2,1-2H3. The summed E-state index contributed by atoms with van der Waals surface area (Å²) in [4.78, 5) is 0. The fraction of sp³-hybridized carbons (Fsp3) is 1.00. The zero-order chi connectivity index (χ0) is 10.7. The van der Waals surface area contributed by atoms with E-state index < -0.39 is 0 Å². The predicted molar refractivity (Wildman–Crippen MR) is 63.0 cm³/mol. The second-order valence-electron chi connectivity index (χ2n) is 5.28.